The van der Waals surface area contributed by atoms with Crippen molar-refractivity contribution in [2.24, 2.45) is 0 Å². The van der Waals surface area contributed by atoms with Crippen LogP contribution in [0.1, 0.15) is 0 Å². The first-order valence-electron chi connectivity index (χ1n) is 5.35. The maximum Gasteiger partial charge on any atom is 0.208 e. The number of phenolic OH excluding ortho intramolecular Hbond substituents is 1. The number of benzene rings is 2. The zero-order chi connectivity index (χ0) is 12.5. The predicted molar refractivity (Wildman–Crippen MR) is 72.2 cm³/mol. The van der Waals surface area contributed by atoms with Gasteiger partial charge in [-0.25, -0.2) is 0 Å². The van der Waals surface area contributed by atoms with Gasteiger partial charge in [0.1, 0.15) is 11.4 Å². The van der Waals surface area contributed by atoms with Gasteiger partial charge in [0.2, 0.25) is 5.06 Å². The molecule has 4 nitrogen and oxygen atoms in total. The van der Waals surface area contributed by atoms with Crippen molar-refractivity contribution < 1.29 is 9.84 Å². The molecule has 3 rings (SSSR count). The van der Waals surface area contributed by atoms with Crippen LogP contribution < -0.4 is 10.5 Å². The molecule has 0 aliphatic heterocycles. The summed E-state index contributed by atoms with van der Waals surface area (Å²) in [5.41, 5.74) is 6.87. The van der Waals surface area contributed by atoms with Crippen LogP contribution in [0.15, 0.2) is 42.5 Å². The molecule has 18 heavy (non-hydrogen) atoms. The number of hydrogen-bond acceptors (Lipinski definition) is 5. The van der Waals surface area contributed by atoms with E-state index in [1.165, 1.54) is 17.6 Å². The number of anilines is 1. The Morgan fingerprint density at radius 2 is 1.94 bits per heavy atom. The second-order valence-electron chi connectivity index (χ2n) is 3.78. The van der Waals surface area contributed by atoms with Crippen molar-refractivity contribution in [1.29, 1.82) is 0 Å². The summed E-state index contributed by atoms with van der Waals surface area (Å²) in [4.78, 5) is 0. The van der Waals surface area contributed by atoms with E-state index < -0.39 is 0 Å². The number of fused-ring (bicyclic) bond motifs is 1. The van der Waals surface area contributed by atoms with Gasteiger partial charge in [0.15, 0.2) is 5.75 Å². The lowest BCUT2D eigenvalue weighted by Gasteiger charge is -2.07. The molecule has 0 saturated carbocycles. The van der Waals surface area contributed by atoms with Crippen molar-refractivity contribution >= 4 is 28.1 Å². The van der Waals surface area contributed by atoms with E-state index in [-0.39, 0.29) is 11.4 Å². The van der Waals surface area contributed by atoms with Crippen LogP contribution in [0, 0.1) is 0 Å². The molecule has 0 spiro atoms. The van der Waals surface area contributed by atoms with Crippen molar-refractivity contribution in [3.8, 4) is 16.6 Å². The average molecular weight is 258 g/mol. The Bertz CT molecular complexity index is 709. The monoisotopic (exact) mass is 258 g/mol. The molecule has 0 saturated heterocycles. The summed E-state index contributed by atoms with van der Waals surface area (Å²) < 4.78 is 9.99. The third-order valence-corrected chi connectivity index (χ3v) is 3.35. The largest absolute Gasteiger partial charge is 0.506 e. The quantitative estimate of drug-likeness (QED) is 0.546. The highest BCUT2D eigenvalue weighted by Gasteiger charge is 2.10. The number of nitrogens with zero attached hydrogens (tertiary/aromatic N) is 1. The van der Waals surface area contributed by atoms with Gasteiger partial charge in [0.05, 0.1) is 10.9 Å². The highest BCUT2D eigenvalue weighted by atomic mass is 32.1. The molecule has 0 amide bonds. The third kappa shape index (κ3) is 1.74. The molecule has 5 heteroatoms. The summed E-state index contributed by atoms with van der Waals surface area (Å²) in [5, 5.41) is 11.1. The maximum atomic E-state index is 9.52. The number of nitrogens with two attached hydrogens (primary N) is 1. The van der Waals surface area contributed by atoms with Crippen molar-refractivity contribution in [2.45, 2.75) is 0 Å². The van der Waals surface area contributed by atoms with Crippen LogP contribution in [0.25, 0.3) is 10.9 Å². The molecule has 0 unspecified atom stereocenters. The van der Waals surface area contributed by atoms with Gasteiger partial charge < -0.3 is 15.6 Å². The van der Waals surface area contributed by atoms with Crippen molar-refractivity contribution in [2.75, 3.05) is 5.73 Å². The summed E-state index contributed by atoms with van der Waals surface area (Å²) in [6.45, 7) is 0. The molecule has 1 heterocycles. The second kappa shape index (κ2) is 4.19. The minimum absolute atomic E-state index is 0.0151. The highest BCUT2D eigenvalue weighted by molar-refractivity contribution is 7.09. The lowest BCUT2D eigenvalue weighted by Crippen LogP contribution is -1.91. The summed E-state index contributed by atoms with van der Waals surface area (Å²) >= 11 is 1.26. The van der Waals surface area contributed by atoms with Crippen LogP contribution in [0.3, 0.4) is 0 Å². The first-order valence-corrected chi connectivity index (χ1v) is 6.13. The molecular formula is C13H10N2O2S. The van der Waals surface area contributed by atoms with E-state index in [0.717, 1.165) is 10.9 Å². The van der Waals surface area contributed by atoms with Crippen LogP contribution in [-0.2, 0) is 0 Å². The Hall–Kier alpha value is -2.27. The smallest absolute Gasteiger partial charge is 0.208 e. The van der Waals surface area contributed by atoms with E-state index in [1.807, 2.05) is 24.3 Å². The van der Waals surface area contributed by atoms with Gasteiger partial charge in [-0.15, -0.1) is 0 Å². The molecule has 90 valence electrons. The molecule has 2 aromatic carbocycles. The number of rotatable bonds is 2. The van der Waals surface area contributed by atoms with E-state index in [9.17, 15) is 5.11 Å². The summed E-state index contributed by atoms with van der Waals surface area (Å²) in [5.74, 6) is 0.450. The first-order chi connectivity index (χ1) is 8.75. The average Bonchev–Trinajstić information content (AvgIpc) is 2.79. The molecule has 0 fully saturated rings. The lowest BCUT2D eigenvalue weighted by atomic mass is 10.2. The Labute approximate surface area is 107 Å². The molecule has 0 radical (unpaired) electrons. The predicted octanol–water partition coefficient (Wildman–Crippen LogP) is 3.38. The van der Waals surface area contributed by atoms with Gasteiger partial charge in [-0.3, -0.25) is 0 Å². The number of aromatic nitrogens is 1. The minimum Gasteiger partial charge on any atom is -0.506 e. The SMILES string of the molecule is Nc1c(O)cccc1Oc1snc2ccccc12. The summed E-state index contributed by atoms with van der Waals surface area (Å²) in [6, 6.07) is 12.6. The standard InChI is InChI=1S/C13H10N2O2S/c14-12-10(16)6-3-7-11(12)17-13-8-4-1-2-5-9(8)15-18-13/h1-7,16H,14H2. The molecule has 1 aromatic heterocycles. The van der Waals surface area contributed by atoms with Gasteiger partial charge in [-0.05, 0) is 24.3 Å². The van der Waals surface area contributed by atoms with Crippen molar-refractivity contribution in [3.63, 3.8) is 0 Å². The summed E-state index contributed by atoms with van der Waals surface area (Å²) in [6.07, 6.45) is 0. The number of aromatic hydroxyl groups is 1. The van der Waals surface area contributed by atoms with Crippen LogP contribution in [0.5, 0.6) is 16.6 Å². The molecule has 0 aliphatic carbocycles. The fraction of sp³-hybridized carbons (Fsp3) is 0. The fourth-order valence-electron chi connectivity index (χ4n) is 1.66. The van der Waals surface area contributed by atoms with E-state index in [1.54, 1.807) is 12.1 Å². The van der Waals surface area contributed by atoms with Gasteiger partial charge in [0, 0.05) is 11.5 Å². The van der Waals surface area contributed by atoms with Gasteiger partial charge >= 0.3 is 0 Å². The van der Waals surface area contributed by atoms with Gasteiger partial charge in [-0.2, -0.15) is 4.37 Å². The zero-order valence-corrected chi connectivity index (χ0v) is 10.1. The number of para-hydroxylation sites is 1. The first kappa shape index (κ1) is 10.9. The minimum atomic E-state index is 0.0151. The fourth-order valence-corrected chi connectivity index (χ4v) is 2.40. The van der Waals surface area contributed by atoms with E-state index in [0.29, 0.717) is 10.8 Å². The molecule has 3 N–H and O–H groups in total. The number of nitrogen functional groups attached to an aromatic ring is 1. The van der Waals surface area contributed by atoms with Crippen LogP contribution in [-0.4, -0.2) is 9.48 Å². The van der Waals surface area contributed by atoms with E-state index in [2.05, 4.69) is 4.37 Å². The van der Waals surface area contributed by atoms with Crippen LogP contribution in [0.4, 0.5) is 5.69 Å². The summed E-state index contributed by atoms with van der Waals surface area (Å²) in [7, 11) is 0. The Balaban J connectivity index is 2.04. The van der Waals surface area contributed by atoms with Crippen LogP contribution >= 0.6 is 11.5 Å². The molecule has 0 bridgehead atoms. The number of phenols is 1. The van der Waals surface area contributed by atoms with Gasteiger partial charge in [0.25, 0.3) is 0 Å². The van der Waals surface area contributed by atoms with Gasteiger partial charge in [-0.1, -0.05) is 18.2 Å². The van der Waals surface area contributed by atoms with Crippen molar-refractivity contribution in [1.82, 2.24) is 4.37 Å². The van der Waals surface area contributed by atoms with E-state index in [4.69, 9.17) is 10.5 Å². The molecular weight excluding hydrogens is 248 g/mol. The Morgan fingerprint density at radius 3 is 2.83 bits per heavy atom. The lowest BCUT2D eigenvalue weighted by molar-refractivity contribution is 0.465. The Morgan fingerprint density at radius 1 is 1.11 bits per heavy atom. The molecule has 0 aliphatic rings. The Kier molecular flexibility index (Phi) is 2.53. The topological polar surface area (TPSA) is 68.4 Å². The molecule has 0 atom stereocenters. The second-order valence-corrected chi connectivity index (χ2v) is 4.51. The maximum absolute atomic E-state index is 9.52. The third-order valence-electron chi connectivity index (χ3n) is 2.60. The van der Waals surface area contributed by atoms with E-state index >= 15 is 0 Å². The van der Waals surface area contributed by atoms with Crippen LogP contribution in [0.2, 0.25) is 0 Å². The number of hydrogen-bond donors (Lipinski definition) is 2. The number of ether oxygens (including phenoxy) is 1. The molecule has 3 aromatic rings. The zero-order valence-electron chi connectivity index (χ0n) is 9.33. The highest BCUT2D eigenvalue weighted by Crippen LogP contribution is 2.38. The normalized spacial score (nSPS) is 10.7. The van der Waals surface area contributed by atoms with Crippen molar-refractivity contribution in [3.05, 3.63) is 42.5 Å².